The number of nitrogens with two attached hydrogens (primary N) is 2. The van der Waals surface area contributed by atoms with Crippen LogP contribution in [0.1, 0.15) is 11.1 Å². The first-order valence-corrected chi connectivity index (χ1v) is 7.67. The molecule has 0 atom stereocenters. The van der Waals surface area contributed by atoms with Crippen molar-refractivity contribution in [1.29, 1.82) is 0 Å². The minimum atomic E-state index is -1.59. The molecule has 0 aliphatic heterocycles. The quantitative estimate of drug-likeness (QED) is 0.871. The van der Waals surface area contributed by atoms with Crippen molar-refractivity contribution in [1.82, 2.24) is 0 Å². The first-order chi connectivity index (χ1) is 8.16. The van der Waals surface area contributed by atoms with Gasteiger partial charge in [-0.3, -0.25) is 10.3 Å². The molecule has 2 rings (SSSR count). The van der Waals surface area contributed by atoms with E-state index in [4.69, 9.17) is 10.3 Å². The molecule has 0 saturated carbocycles. The Kier molecular flexibility index (Phi) is 3.84. The lowest BCUT2D eigenvalue weighted by Gasteiger charge is -2.31. The fourth-order valence-electron chi connectivity index (χ4n) is 1.82. The summed E-state index contributed by atoms with van der Waals surface area (Å²) in [4.78, 5) is 0. The summed E-state index contributed by atoms with van der Waals surface area (Å²) < 4.78 is 0. The first-order valence-electron chi connectivity index (χ1n) is 5.58. The van der Waals surface area contributed by atoms with Gasteiger partial charge in [0.1, 0.15) is 0 Å². The average molecular weight is 246 g/mol. The van der Waals surface area contributed by atoms with Crippen LogP contribution in [0.5, 0.6) is 0 Å². The van der Waals surface area contributed by atoms with Gasteiger partial charge < -0.3 is 0 Å². The molecule has 17 heavy (non-hydrogen) atoms. The van der Waals surface area contributed by atoms with Crippen molar-refractivity contribution in [2.45, 2.75) is 11.5 Å². The summed E-state index contributed by atoms with van der Waals surface area (Å²) in [6.45, 7) is 0. The van der Waals surface area contributed by atoms with E-state index in [1.165, 1.54) is 11.1 Å². The van der Waals surface area contributed by atoms with Crippen LogP contribution >= 0.6 is 10.4 Å². The van der Waals surface area contributed by atoms with Gasteiger partial charge in [0.05, 0.1) is 0 Å². The van der Waals surface area contributed by atoms with Crippen LogP contribution in [0.25, 0.3) is 0 Å². The molecule has 0 saturated heterocycles. The molecule has 0 fully saturated rings. The summed E-state index contributed by atoms with van der Waals surface area (Å²) in [5.74, 6) is 1.53. The van der Waals surface area contributed by atoms with Gasteiger partial charge in [-0.1, -0.05) is 60.7 Å². The van der Waals surface area contributed by atoms with Crippen molar-refractivity contribution < 1.29 is 0 Å². The van der Waals surface area contributed by atoms with Gasteiger partial charge in [0.25, 0.3) is 0 Å². The molecule has 0 radical (unpaired) electrons. The Bertz CT molecular complexity index is 411. The Morgan fingerprint density at radius 2 is 1.00 bits per heavy atom. The zero-order chi connectivity index (χ0) is 12.1. The molecule has 2 nitrogen and oxygen atoms in total. The summed E-state index contributed by atoms with van der Waals surface area (Å²) in [6, 6.07) is 20.4. The first kappa shape index (κ1) is 12.2. The van der Waals surface area contributed by atoms with Gasteiger partial charge in [-0.15, -0.1) is 10.4 Å². The fourth-order valence-corrected chi connectivity index (χ4v) is 3.55. The second-order valence-corrected chi connectivity index (χ2v) is 6.86. The maximum atomic E-state index is 6.24. The zero-order valence-corrected chi connectivity index (χ0v) is 10.6. The number of hydrogen-bond acceptors (Lipinski definition) is 2. The maximum absolute atomic E-state index is 6.24. The second-order valence-electron chi connectivity index (χ2n) is 4.27. The van der Waals surface area contributed by atoms with Gasteiger partial charge in [0.2, 0.25) is 0 Å². The van der Waals surface area contributed by atoms with E-state index in [-0.39, 0.29) is 0 Å². The van der Waals surface area contributed by atoms with Gasteiger partial charge in [-0.25, -0.2) is 0 Å². The van der Waals surface area contributed by atoms with Crippen LogP contribution in [0.4, 0.5) is 0 Å². The molecule has 0 bridgehead atoms. The normalized spacial score (nSPS) is 12.4. The predicted molar refractivity (Wildman–Crippen MR) is 76.3 cm³/mol. The zero-order valence-electron chi connectivity index (χ0n) is 9.75. The van der Waals surface area contributed by atoms with Gasteiger partial charge in [-0.2, -0.15) is 0 Å². The smallest absolute Gasteiger partial charge is 0.0264 e. The van der Waals surface area contributed by atoms with E-state index in [2.05, 4.69) is 24.3 Å². The van der Waals surface area contributed by atoms with Crippen LogP contribution in [0.15, 0.2) is 60.7 Å². The van der Waals surface area contributed by atoms with E-state index >= 15 is 0 Å². The topological polar surface area (TPSA) is 52.0 Å². The molecule has 0 spiro atoms. The van der Waals surface area contributed by atoms with Crippen LogP contribution in [0.3, 0.4) is 0 Å². The molecule has 0 aliphatic carbocycles. The lowest BCUT2D eigenvalue weighted by molar-refractivity contribution is 1.29. The summed E-state index contributed by atoms with van der Waals surface area (Å²) in [5, 5.41) is 12.5. The van der Waals surface area contributed by atoms with Crippen LogP contribution < -0.4 is 10.3 Å². The molecule has 2 aromatic carbocycles. The largest absolute Gasteiger partial charge is 0.283 e. The molecule has 4 N–H and O–H groups in total. The third kappa shape index (κ3) is 3.89. The number of benzene rings is 2. The monoisotopic (exact) mass is 246 g/mol. The Balaban J connectivity index is 2.04. The van der Waals surface area contributed by atoms with Crippen LogP contribution in [-0.2, 0) is 11.5 Å². The molecular formula is C14H18N2S. The molecule has 90 valence electrons. The fraction of sp³-hybridized carbons (Fsp3) is 0.143. The Morgan fingerprint density at radius 1 is 0.647 bits per heavy atom. The lowest BCUT2D eigenvalue weighted by atomic mass is 10.2. The Labute approximate surface area is 104 Å². The van der Waals surface area contributed by atoms with E-state index in [1.54, 1.807) is 0 Å². The van der Waals surface area contributed by atoms with Crippen molar-refractivity contribution >= 4 is 10.4 Å². The van der Waals surface area contributed by atoms with Crippen molar-refractivity contribution in [3.8, 4) is 0 Å². The molecule has 0 amide bonds. The van der Waals surface area contributed by atoms with E-state index in [0.29, 0.717) is 0 Å². The third-order valence-electron chi connectivity index (χ3n) is 2.56. The Hall–Kier alpha value is -1.29. The van der Waals surface area contributed by atoms with Crippen molar-refractivity contribution in [2.75, 3.05) is 0 Å². The molecule has 0 heterocycles. The van der Waals surface area contributed by atoms with Crippen LogP contribution in [0, 0.1) is 0 Å². The van der Waals surface area contributed by atoms with Gasteiger partial charge in [0.15, 0.2) is 0 Å². The number of rotatable bonds is 4. The summed E-state index contributed by atoms with van der Waals surface area (Å²) in [7, 11) is -1.59. The van der Waals surface area contributed by atoms with Gasteiger partial charge in [0, 0.05) is 11.5 Å². The highest BCUT2D eigenvalue weighted by Crippen LogP contribution is 2.38. The molecular weight excluding hydrogens is 228 g/mol. The molecule has 2 aromatic rings. The predicted octanol–water partition coefficient (Wildman–Crippen LogP) is 2.94. The van der Waals surface area contributed by atoms with E-state index in [1.807, 2.05) is 36.4 Å². The van der Waals surface area contributed by atoms with E-state index in [9.17, 15) is 0 Å². The lowest BCUT2D eigenvalue weighted by Crippen LogP contribution is -2.24. The Morgan fingerprint density at radius 3 is 1.35 bits per heavy atom. The number of hydrogen-bond donors (Lipinski definition) is 2. The van der Waals surface area contributed by atoms with Crippen molar-refractivity contribution in [3.63, 3.8) is 0 Å². The van der Waals surface area contributed by atoms with E-state index in [0.717, 1.165) is 11.5 Å². The standard InChI is InChI=1S/C14H18N2S/c15-17(16,11-13-7-3-1-4-8-13)12-14-9-5-2-6-10-14/h1-10H,11-12,15-16H2. The molecule has 3 heteroatoms. The second kappa shape index (κ2) is 5.36. The molecule has 0 unspecified atom stereocenters. The minimum absolute atomic E-state index is 0.767. The molecule has 0 aromatic heterocycles. The highest BCUT2D eigenvalue weighted by Gasteiger charge is 2.14. The van der Waals surface area contributed by atoms with Crippen LogP contribution in [-0.4, -0.2) is 0 Å². The van der Waals surface area contributed by atoms with Crippen LogP contribution in [0.2, 0.25) is 0 Å². The highest BCUT2D eigenvalue weighted by molar-refractivity contribution is 8.28. The average Bonchev–Trinajstić information content (AvgIpc) is 2.30. The summed E-state index contributed by atoms with van der Waals surface area (Å²) in [6.07, 6.45) is 0. The minimum Gasteiger partial charge on any atom is -0.283 e. The maximum Gasteiger partial charge on any atom is 0.0264 e. The summed E-state index contributed by atoms with van der Waals surface area (Å²) >= 11 is 0. The summed E-state index contributed by atoms with van der Waals surface area (Å²) in [5.41, 5.74) is 2.42. The SMILES string of the molecule is NS(N)(Cc1ccccc1)Cc1ccccc1. The van der Waals surface area contributed by atoms with Crippen molar-refractivity contribution in [3.05, 3.63) is 71.8 Å². The third-order valence-corrected chi connectivity index (χ3v) is 4.30. The van der Waals surface area contributed by atoms with Gasteiger partial charge >= 0.3 is 0 Å². The molecule has 0 aliphatic rings. The highest BCUT2D eigenvalue weighted by atomic mass is 32.3. The van der Waals surface area contributed by atoms with Gasteiger partial charge in [-0.05, 0) is 11.1 Å². The van der Waals surface area contributed by atoms with E-state index < -0.39 is 10.4 Å². The van der Waals surface area contributed by atoms with Crippen molar-refractivity contribution in [2.24, 2.45) is 10.3 Å².